The van der Waals surface area contributed by atoms with Gasteiger partial charge in [0.25, 0.3) is 0 Å². The van der Waals surface area contributed by atoms with Gasteiger partial charge in [-0.05, 0) is 30.9 Å². The lowest BCUT2D eigenvalue weighted by Gasteiger charge is -2.33. The molecule has 1 saturated heterocycles. The van der Waals surface area contributed by atoms with Gasteiger partial charge in [0.2, 0.25) is 0 Å². The third-order valence-corrected chi connectivity index (χ3v) is 3.59. The second kappa shape index (κ2) is 2.94. The molecule has 0 aromatic rings. The summed E-state index contributed by atoms with van der Waals surface area (Å²) in [7, 11) is 0. The summed E-state index contributed by atoms with van der Waals surface area (Å²) < 4.78 is 11.5. The Morgan fingerprint density at radius 1 is 1.29 bits per heavy atom. The van der Waals surface area contributed by atoms with Gasteiger partial charge in [-0.1, -0.05) is 11.6 Å². The summed E-state index contributed by atoms with van der Waals surface area (Å²) >= 11 is 0. The third kappa shape index (κ3) is 1.17. The molecule has 0 amide bonds. The van der Waals surface area contributed by atoms with Gasteiger partial charge in [0.1, 0.15) is 0 Å². The van der Waals surface area contributed by atoms with Crippen molar-refractivity contribution in [3.05, 3.63) is 22.8 Å². The van der Waals surface area contributed by atoms with Crippen LogP contribution in [0.15, 0.2) is 22.8 Å². The second-order valence-electron chi connectivity index (χ2n) is 4.48. The standard InChI is InChI=1S/C12H16O2/c1-9-2-3-10-4-5-12(8-11(9)10)13-6-7-14-12/h3H,2,4-8H2,1H3. The van der Waals surface area contributed by atoms with Gasteiger partial charge in [0.15, 0.2) is 5.79 Å². The van der Waals surface area contributed by atoms with Gasteiger partial charge in [-0.2, -0.15) is 0 Å². The van der Waals surface area contributed by atoms with E-state index in [1.165, 1.54) is 11.1 Å². The van der Waals surface area contributed by atoms with Crippen LogP contribution >= 0.6 is 0 Å². The number of ether oxygens (including phenoxy) is 2. The molecule has 0 radical (unpaired) electrons. The summed E-state index contributed by atoms with van der Waals surface area (Å²) in [4.78, 5) is 0. The predicted octanol–water partition coefficient (Wildman–Crippen LogP) is 2.56. The van der Waals surface area contributed by atoms with Gasteiger partial charge >= 0.3 is 0 Å². The number of hydrogen-bond acceptors (Lipinski definition) is 2. The number of fused-ring (bicyclic) bond motifs is 1. The van der Waals surface area contributed by atoms with E-state index in [2.05, 4.69) is 13.0 Å². The summed E-state index contributed by atoms with van der Waals surface area (Å²) in [6.45, 7) is 3.77. The first-order valence-electron chi connectivity index (χ1n) is 5.45. The topological polar surface area (TPSA) is 18.5 Å². The number of allylic oxidation sites excluding steroid dienone is 3. The molecule has 3 rings (SSSR count). The lowest BCUT2D eigenvalue weighted by molar-refractivity contribution is -0.163. The van der Waals surface area contributed by atoms with E-state index >= 15 is 0 Å². The molecular weight excluding hydrogens is 176 g/mol. The highest BCUT2D eigenvalue weighted by Crippen LogP contribution is 2.45. The lowest BCUT2D eigenvalue weighted by atomic mass is 9.86. The minimum atomic E-state index is -0.252. The Labute approximate surface area is 84.6 Å². The van der Waals surface area contributed by atoms with Crippen LogP contribution in [-0.4, -0.2) is 19.0 Å². The Morgan fingerprint density at radius 3 is 2.86 bits per heavy atom. The summed E-state index contributed by atoms with van der Waals surface area (Å²) in [6, 6.07) is 0. The van der Waals surface area contributed by atoms with E-state index in [9.17, 15) is 0 Å². The molecule has 0 unspecified atom stereocenters. The van der Waals surface area contributed by atoms with Gasteiger partial charge in [-0.25, -0.2) is 0 Å². The van der Waals surface area contributed by atoms with E-state index in [0.717, 1.165) is 38.9 Å². The minimum absolute atomic E-state index is 0.252. The second-order valence-corrected chi connectivity index (χ2v) is 4.48. The molecule has 0 bridgehead atoms. The average Bonchev–Trinajstić information content (AvgIpc) is 2.77. The molecule has 2 heteroatoms. The molecule has 2 fully saturated rings. The summed E-state index contributed by atoms with van der Waals surface area (Å²) in [5, 5.41) is 0. The first-order chi connectivity index (χ1) is 6.79. The molecule has 76 valence electrons. The van der Waals surface area contributed by atoms with Gasteiger partial charge in [-0.3, -0.25) is 0 Å². The molecule has 3 aliphatic rings. The Hall–Kier alpha value is -0.600. The molecule has 0 atom stereocenters. The molecule has 14 heavy (non-hydrogen) atoms. The highest BCUT2D eigenvalue weighted by atomic mass is 16.7. The molecule has 2 aliphatic carbocycles. The van der Waals surface area contributed by atoms with Crippen molar-refractivity contribution in [2.75, 3.05) is 13.2 Å². The lowest BCUT2D eigenvalue weighted by Crippen LogP contribution is -2.34. The zero-order chi connectivity index (χ0) is 9.60. The summed E-state index contributed by atoms with van der Waals surface area (Å²) in [5.74, 6) is -0.252. The maximum Gasteiger partial charge on any atom is 0.172 e. The normalized spacial score (nSPS) is 29.6. The quantitative estimate of drug-likeness (QED) is 0.587. The van der Waals surface area contributed by atoms with Crippen LogP contribution in [0.2, 0.25) is 0 Å². The van der Waals surface area contributed by atoms with Crippen LogP contribution in [0, 0.1) is 0 Å². The van der Waals surface area contributed by atoms with Crippen LogP contribution in [-0.2, 0) is 9.47 Å². The molecule has 1 spiro atoms. The zero-order valence-corrected chi connectivity index (χ0v) is 8.64. The van der Waals surface area contributed by atoms with Crippen LogP contribution < -0.4 is 0 Å². The number of rotatable bonds is 0. The largest absolute Gasteiger partial charge is 0.347 e. The van der Waals surface area contributed by atoms with Crippen LogP contribution in [0.3, 0.4) is 0 Å². The Kier molecular flexibility index (Phi) is 1.83. The summed E-state index contributed by atoms with van der Waals surface area (Å²) in [6.07, 6.45) is 6.65. The van der Waals surface area contributed by atoms with Gasteiger partial charge < -0.3 is 9.47 Å². The smallest absolute Gasteiger partial charge is 0.172 e. The molecule has 0 N–H and O–H groups in total. The van der Waals surface area contributed by atoms with Crippen molar-refractivity contribution in [3.8, 4) is 0 Å². The monoisotopic (exact) mass is 192 g/mol. The highest BCUT2D eigenvalue weighted by Gasteiger charge is 2.41. The predicted molar refractivity (Wildman–Crippen MR) is 53.9 cm³/mol. The van der Waals surface area contributed by atoms with Crippen molar-refractivity contribution in [1.82, 2.24) is 0 Å². The van der Waals surface area contributed by atoms with Crippen LogP contribution in [0.5, 0.6) is 0 Å². The highest BCUT2D eigenvalue weighted by molar-refractivity contribution is 5.44. The van der Waals surface area contributed by atoms with Crippen LogP contribution in [0.4, 0.5) is 0 Å². The maximum atomic E-state index is 5.75. The van der Waals surface area contributed by atoms with Crippen LogP contribution in [0.25, 0.3) is 0 Å². The number of hydrogen-bond donors (Lipinski definition) is 0. The van der Waals surface area contributed by atoms with Crippen molar-refractivity contribution in [2.24, 2.45) is 0 Å². The summed E-state index contributed by atoms with van der Waals surface area (Å²) in [5.41, 5.74) is 4.57. The minimum Gasteiger partial charge on any atom is -0.347 e. The molecule has 0 aromatic carbocycles. The molecule has 2 nitrogen and oxygen atoms in total. The Balaban J connectivity index is 1.89. The van der Waals surface area contributed by atoms with E-state index in [1.807, 2.05) is 0 Å². The molecule has 0 aromatic heterocycles. The van der Waals surface area contributed by atoms with E-state index in [-0.39, 0.29) is 5.79 Å². The van der Waals surface area contributed by atoms with Gasteiger partial charge in [0, 0.05) is 12.8 Å². The maximum absolute atomic E-state index is 5.75. The van der Waals surface area contributed by atoms with E-state index in [4.69, 9.17) is 9.47 Å². The fraction of sp³-hybridized carbons (Fsp3) is 0.667. The molecule has 1 saturated carbocycles. The molecule has 1 heterocycles. The zero-order valence-electron chi connectivity index (χ0n) is 8.64. The Morgan fingerprint density at radius 2 is 2.07 bits per heavy atom. The fourth-order valence-corrected chi connectivity index (χ4v) is 2.74. The SMILES string of the molecule is CC1=C2CC3(CCC2=CC1)OCCO3. The first-order valence-corrected chi connectivity index (χ1v) is 5.45. The van der Waals surface area contributed by atoms with Crippen molar-refractivity contribution in [2.45, 2.75) is 38.4 Å². The van der Waals surface area contributed by atoms with Gasteiger partial charge in [-0.15, -0.1) is 0 Å². The fourth-order valence-electron chi connectivity index (χ4n) is 2.74. The van der Waals surface area contributed by atoms with E-state index < -0.39 is 0 Å². The first kappa shape index (κ1) is 8.69. The van der Waals surface area contributed by atoms with Crippen LogP contribution in [0.1, 0.15) is 32.6 Å². The van der Waals surface area contributed by atoms with E-state index in [0.29, 0.717) is 0 Å². The van der Waals surface area contributed by atoms with E-state index in [1.54, 1.807) is 5.57 Å². The van der Waals surface area contributed by atoms with Crippen molar-refractivity contribution in [3.63, 3.8) is 0 Å². The average molecular weight is 192 g/mol. The van der Waals surface area contributed by atoms with Crippen molar-refractivity contribution >= 4 is 0 Å². The molecular formula is C12H16O2. The van der Waals surface area contributed by atoms with Gasteiger partial charge in [0.05, 0.1) is 13.2 Å². The third-order valence-electron chi connectivity index (χ3n) is 3.59. The Bertz CT molecular complexity index is 319. The molecule has 1 aliphatic heterocycles. The van der Waals surface area contributed by atoms with Crippen molar-refractivity contribution < 1.29 is 9.47 Å². The van der Waals surface area contributed by atoms with Crippen molar-refractivity contribution in [1.29, 1.82) is 0 Å².